The van der Waals surface area contributed by atoms with Crippen LogP contribution in [0.4, 0.5) is 0 Å². The second-order valence-electron chi connectivity index (χ2n) is 7.58. The molecule has 0 saturated heterocycles. The Balaban J connectivity index is 4.33. The molecule has 0 amide bonds. The SMILES string of the molecule is CCCC[N+]([O-])(CCCC)CCCC[N+]([O-])(CCCC)CCCC. The van der Waals surface area contributed by atoms with E-state index in [0.29, 0.717) is 13.1 Å². The van der Waals surface area contributed by atoms with Crippen LogP contribution >= 0.6 is 0 Å². The Morgan fingerprint density at radius 2 is 0.625 bits per heavy atom. The van der Waals surface area contributed by atoms with Gasteiger partial charge in [0.05, 0.1) is 39.3 Å². The van der Waals surface area contributed by atoms with E-state index in [4.69, 9.17) is 0 Å². The summed E-state index contributed by atoms with van der Waals surface area (Å²) in [6, 6.07) is 0. The van der Waals surface area contributed by atoms with Crippen LogP contribution in [0.5, 0.6) is 0 Å². The molecule has 24 heavy (non-hydrogen) atoms. The highest BCUT2D eigenvalue weighted by atomic mass is 16.5. The Hall–Kier alpha value is -0.160. The minimum absolute atomic E-state index is 0.0372. The monoisotopic (exact) mass is 344 g/mol. The van der Waals surface area contributed by atoms with Gasteiger partial charge in [0.15, 0.2) is 0 Å². The molecule has 0 rings (SSSR count). The fourth-order valence-electron chi connectivity index (χ4n) is 3.26. The van der Waals surface area contributed by atoms with Gasteiger partial charge in [0.2, 0.25) is 0 Å². The van der Waals surface area contributed by atoms with Gasteiger partial charge in [-0.3, -0.25) is 0 Å². The molecule has 4 nitrogen and oxygen atoms in total. The van der Waals surface area contributed by atoms with E-state index in [1.54, 1.807) is 0 Å². The van der Waals surface area contributed by atoms with Crippen LogP contribution in [0.2, 0.25) is 0 Å². The van der Waals surface area contributed by atoms with Crippen molar-refractivity contribution in [3.8, 4) is 0 Å². The van der Waals surface area contributed by atoms with Crippen LogP contribution in [-0.4, -0.2) is 48.6 Å². The lowest BCUT2D eigenvalue weighted by Crippen LogP contribution is -2.46. The smallest absolute Gasteiger partial charge is 0.0786 e. The van der Waals surface area contributed by atoms with E-state index < -0.39 is 0 Å². The fraction of sp³-hybridized carbons (Fsp3) is 1.00. The Morgan fingerprint density at radius 1 is 0.417 bits per heavy atom. The van der Waals surface area contributed by atoms with Crippen molar-refractivity contribution in [2.24, 2.45) is 0 Å². The van der Waals surface area contributed by atoms with Gasteiger partial charge in [-0.15, -0.1) is 0 Å². The molecule has 0 atom stereocenters. The average molecular weight is 345 g/mol. The summed E-state index contributed by atoms with van der Waals surface area (Å²) in [5.74, 6) is 0. The van der Waals surface area contributed by atoms with E-state index in [-0.39, 0.29) is 9.29 Å². The van der Waals surface area contributed by atoms with E-state index in [2.05, 4.69) is 27.7 Å². The van der Waals surface area contributed by atoms with Gasteiger partial charge < -0.3 is 19.7 Å². The van der Waals surface area contributed by atoms with E-state index in [0.717, 1.165) is 90.4 Å². The Morgan fingerprint density at radius 3 is 0.833 bits per heavy atom. The van der Waals surface area contributed by atoms with Crippen molar-refractivity contribution in [3.63, 3.8) is 0 Å². The van der Waals surface area contributed by atoms with Gasteiger partial charge in [-0.2, -0.15) is 0 Å². The first-order valence-corrected chi connectivity index (χ1v) is 10.6. The van der Waals surface area contributed by atoms with Gasteiger partial charge in [-0.25, -0.2) is 0 Å². The van der Waals surface area contributed by atoms with Gasteiger partial charge in [0.25, 0.3) is 0 Å². The maximum atomic E-state index is 12.9. The zero-order chi connectivity index (χ0) is 18.3. The fourth-order valence-corrected chi connectivity index (χ4v) is 3.26. The van der Waals surface area contributed by atoms with Crippen molar-refractivity contribution >= 4 is 0 Å². The van der Waals surface area contributed by atoms with Crippen molar-refractivity contribution < 1.29 is 9.29 Å². The quantitative estimate of drug-likeness (QED) is 0.196. The van der Waals surface area contributed by atoms with Crippen LogP contribution in [0, 0.1) is 10.4 Å². The maximum absolute atomic E-state index is 12.9. The third kappa shape index (κ3) is 11.4. The summed E-state index contributed by atoms with van der Waals surface area (Å²) < 4.78 is -0.0745. The number of hydrogen-bond donors (Lipinski definition) is 0. The van der Waals surface area contributed by atoms with Gasteiger partial charge >= 0.3 is 0 Å². The van der Waals surface area contributed by atoms with Crippen molar-refractivity contribution in [2.45, 2.75) is 91.9 Å². The van der Waals surface area contributed by atoms with Gasteiger partial charge in [0.1, 0.15) is 0 Å². The number of unbranched alkanes of at least 4 members (excludes halogenated alkanes) is 5. The first-order valence-electron chi connectivity index (χ1n) is 10.6. The Kier molecular flexibility index (Phi) is 14.0. The minimum Gasteiger partial charge on any atom is -0.633 e. The molecule has 0 spiro atoms. The van der Waals surface area contributed by atoms with E-state index in [1.807, 2.05) is 0 Å². The first kappa shape index (κ1) is 23.8. The van der Waals surface area contributed by atoms with Crippen molar-refractivity contribution in [3.05, 3.63) is 10.4 Å². The summed E-state index contributed by atoms with van der Waals surface area (Å²) in [5.41, 5.74) is 0. The Labute approximate surface area is 151 Å². The summed E-state index contributed by atoms with van der Waals surface area (Å²) >= 11 is 0. The number of hydrogen-bond acceptors (Lipinski definition) is 2. The van der Waals surface area contributed by atoms with E-state index in [9.17, 15) is 10.4 Å². The third-order valence-corrected chi connectivity index (χ3v) is 5.06. The first-order chi connectivity index (χ1) is 11.4. The average Bonchev–Trinajstić information content (AvgIpc) is 2.59. The number of nitrogens with zero attached hydrogens (tertiary/aromatic N) is 2. The van der Waals surface area contributed by atoms with Crippen LogP contribution in [0.25, 0.3) is 0 Å². The van der Waals surface area contributed by atoms with Crippen LogP contribution in [0.3, 0.4) is 0 Å². The number of quaternary nitrogens is 2. The largest absolute Gasteiger partial charge is 0.633 e. The highest BCUT2D eigenvalue weighted by Crippen LogP contribution is 2.16. The molecule has 0 aromatic carbocycles. The molecule has 0 bridgehead atoms. The molecule has 0 unspecified atom stereocenters. The van der Waals surface area contributed by atoms with Crippen LogP contribution < -0.4 is 0 Å². The van der Waals surface area contributed by atoms with Gasteiger partial charge in [-0.1, -0.05) is 53.4 Å². The normalized spacial score (nSPS) is 12.8. The molecule has 146 valence electrons. The molecule has 4 heteroatoms. The zero-order valence-corrected chi connectivity index (χ0v) is 17.0. The molecule has 0 fully saturated rings. The maximum Gasteiger partial charge on any atom is 0.0786 e. The van der Waals surface area contributed by atoms with Crippen LogP contribution in [0.15, 0.2) is 0 Å². The molecular formula is C20H44N2O2. The lowest BCUT2D eigenvalue weighted by atomic mass is 10.2. The van der Waals surface area contributed by atoms with Crippen molar-refractivity contribution in [2.75, 3.05) is 39.3 Å². The Bertz CT molecular complexity index is 241. The highest BCUT2D eigenvalue weighted by Gasteiger charge is 2.18. The van der Waals surface area contributed by atoms with Gasteiger partial charge in [0, 0.05) is 12.8 Å². The highest BCUT2D eigenvalue weighted by molar-refractivity contribution is 4.52. The van der Waals surface area contributed by atoms with Crippen LogP contribution in [-0.2, 0) is 0 Å². The topological polar surface area (TPSA) is 46.1 Å². The number of rotatable bonds is 17. The summed E-state index contributed by atoms with van der Waals surface area (Å²) in [6.07, 6.45) is 10.2. The summed E-state index contributed by atoms with van der Waals surface area (Å²) in [4.78, 5) is 0. The van der Waals surface area contributed by atoms with E-state index in [1.165, 1.54) is 0 Å². The second-order valence-corrected chi connectivity index (χ2v) is 7.58. The van der Waals surface area contributed by atoms with Crippen LogP contribution in [0.1, 0.15) is 91.9 Å². The molecule has 0 aliphatic heterocycles. The lowest BCUT2D eigenvalue weighted by Gasteiger charge is -2.45. The predicted molar refractivity (Wildman–Crippen MR) is 105 cm³/mol. The molecule has 0 aliphatic carbocycles. The second kappa shape index (κ2) is 14.1. The summed E-state index contributed by atoms with van der Waals surface area (Å²) in [6.45, 7) is 13.0. The third-order valence-electron chi connectivity index (χ3n) is 5.06. The zero-order valence-electron chi connectivity index (χ0n) is 17.0. The van der Waals surface area contributed by atoms with Crippen molar-refractivity contribution in [1.82, 2.24) is 0 Å². The summed E-state index contributed by atoms with van der Waals surface area (Å²) in [5, 5.41) is 25.9. The standard InChI is InChI=1S/C20H44N2O2/c1-5-9-15-21(23,16-10-6-2)19-13-14-20-22(24,17-11-7-3)18-12-8-4/h5-20H2,1-4H3. The molecule has 0 N–H and O–H groups in total. The molecule has 0 aliphatic rings. The molecule has 0 saturated carbocycles. The molecule has 0 aromatic rings. The molecule has 0 heterocycles. The molecular weight excluding hydrogens is 300 g/mol. The summed E-state index contributed by atoms with van der Waals surface area (Å²) in [7, 11) is 0. The lowest BCUT2D eigenvalue weighted by molar-refractivity contribution is -0.887. The molecule has 0 radical (unpaired) electrons. The van der Waals surface area contributed by atoms with Gasteiger partial charge in [-0.05, 0) is 25.7 Å². The minimum atomic E-state index is -0.0372. The number of hydroxylamine groups is 6. The van der Waals surface area contributed by atoms with Crippen molar-refractivity contribution in [1.29, 1.82) is 0 Å². The molecule has 0 aromatic heterocycles. The van der Waals surface area contributed by atoms with E-state index >= 15 is 0 Å². The predicted octanol–water partition coefficient (Wildman–Crippen LogP) is 5.60.